The van der Waals surface area contributed by atoms with E-state index in [9.17, 15) is 9.18 Å². The Balaban J connectivity index is 0.00000392. The topological polar surface area (TPSA) is 56.7 Å². The van der Waals surface area contributed by atoms with Crippen LogP contribution in [0.4, 0.5) is 10.1 Å². The molecule has 0 aliphatic carbocycles. The Morgan fingerprint density at radius 1 is 1.25 bits per heavy atom. The fourth-order valence-corrected chi connectivity index (χ4v) is 2.44. The molecule has 2 aromatic rings. The molecule has 7 heteroatoms. The molecule has 0 aliphatic heterocycles. The lowest BCUT2D eigenvalue weighted by Gasteiger charge is -2.22. The van der Waals surface area contributed by atoms with Gasteiger partial charge >= 0.3 is 0 Å². The molecule has 1 amide bonds. The second kappa shape index (κ2) is 12.0. The van der Waals surface area contributed by atoms with Gasteiger partial charge in [-0.3, -0.25) is 4.79 Å². The van der Waals surface area contributed by atoms with E-state index < -0.39 is 0 Å². The van der Waals surface area contributed by atoms with Gasteiger partial charge in [0.05, 0.1) is 0 Å². The number of hydrogen-bond donors (Lipinski definition) is 2. The Kier molecular flexibility index (Phi) is 10.0. The van der Waals surface area contributed by atoms with Crippen molar-refractivity contribution in [2.24, 2.45) is 4.99 Å². The highest BCUT2D eigenvalue weighted by molar-refractivity contribution is 14.0. The molecule has 0 fully saturated rings. The minimum Gasteiger partial charge on any atom is -0.357 e. The van der Waals surface area contributed by atoms with Crippen molar-refractivity contribution in [2.45, 2.75) is 13.5 Å². The summed E-state index contributed by atoms with van der Waals surface area (Å²) in [7, 11) is 1.86. The number of rotatable bonds is 6. The Hall–Kier alpha value is -2.60. The van der Waals surface area contributed by atoms with Crippen LogP contribution in [0.2, 0.25) is 0 Å². The smallest absolute Gasteiger partial charge is 0.246 e. The number of hydrogen-bond acceptors (Lipinski definition) is 2. The van der Waals surface area contributed by atoms with Gasteiger partial charge in [0, 0.05) is 31.4 Å². The largest absolute Gasteiger partial charge is 0.357 e. The fraction of sp³-hybridized carbons (Fsp3) is 0.238. The van der Waals surface area contributed by atoms with Crippen LogP contribution in [0.3, 0.4) is 0 Å². The third kappa shape index (κ3) is 7.56. The van der Waals surface area contributed by atoms with E-state index in [0.29, 0.717) is 30.3 Å². The van der Waals surface area contributed by atoms with Gasteiger partial charge in [0.2, 0.25) is 5.91 Å². The molecule has 0 heterocycles. The van der Waals surface area contributed by atoms with E-state index in [0.717, 1.165) is 5.56 Å². The number of guanidine groups is 1. The molecule has 148 valence electrons. The summed E-state index contributed by atoms with van der Waals surface area (Å²) < 4.78 is 13.0. The van der Waals surface area contributed by atoms with Gasteiger partial charge in [0.15, 0.2) is 5.96 Å². The second-order valence-corrected chi connectivity index (χ2v) is 5.93. The van der Waals surface area contributed by atoms with Crippen molar-refractivity contribution in [3.63, 3.8) is 0 Å². The number of terminal acetylenes is 1. The summed E-state index contributed by atoms with van der Waals surface area (Å²) in [5, 5.41) is 5.93. The van der Waals surface area contributed by atoms with Gasteiger partial charge in [-0.1, -0.05) is 24.1 Å². The summed E-state index contributed by atoms with van der Waals surface area (Å²) in [6, 6.07) is 13.4. The molecule has 28 heavy (non-hydrogen) atoms. The molecule has 0 spiro atoms. The van der Waals surface area contributed by atoms with E-state index >= 15 is 0 Å². The van der Waals surface area contributed by atoms with Crippen LogP contribution < -0.4 is 10.6 Å². The molecule has 0 aliphatic rings. The number of halogens is 2. The molecule has 2 N–H and O–H groups in total. The summed E-state index contributed by atoms with van der Waals surface area (Å²) in [5.41, 5.74) is 2.28. The quantitative estimate of drug-likeness (QED) is 0.280. The van der Waals surface area contributed by atoms with E-state index in [1.807, 2.05) is 18.9 Å². The lowest BCUT2D eigenvalue weighted by molar-refractivity contribution is -0.114. The highest BCUT2D eigenvalue weighted by Crippen LogP contribution is 2.09. The van der Waals surface area contributed by atoms with Crippen molar-refractivity contribution in [1.29, 1.82) is 0 Å². The van der Waals surface area contributed by atoms with Gasteiger partial charge in [0.25, 0.3) is 0 Å². The van der Waals surface area contributed by atoms with Gasteiger partial charge in [0.1, 0.15) is 12.4 Å². The average molecular weight is 494 g/mol. The molecule has 0 bridgehead atoms. The summed E-state index contributed by atoms with van der Waals surface area (Å²) >= 11 is 0. The summed E-state index contributed by atoms with van der Waals surface area (Å²) in [5.74, 6) is 2.61. The highest BCUT2D eigenvalue weighted by atomic mass is 127. The number of nitrogens with zero attached hydrogens (tertiary/aromatic N) is 2. The van der Waals surface area contributed by atoms with Crippen molar-refractivity contribution in [3.8, 4) is 12.3 Å². The maximum absolute atomic E-state index is 13.0. The zero-order valence-electron chi connectivity index (χ0n) is 15.9. The monoisotopic (exact) mass is 494 g/mol. The average Bonchev–Trinajstić information content (AvgIpc) is 2.67. The van der Waals surface area contributed by atoms with E-state index in [1.165, 1.54) is 12.1 Å². The first-order valence-corrected chi connectivity index (χ1v) is 8.62. The SMILES string of the molecule is C#Cc1cccc(NC(=O)CN=C(NCC)N(C)Cc2ccc(F)cc2)c1.I. The second-order valence-electron chi connectivity index (χ2n) is 5.93. The van der Waals surface area contributed by atoms with Crippen LogP contribution in [-0.2, 0) is 11.3 Å². The van der Waals surface area contributed by atoms with Crippen LogP contribution in [0.15, 0.2) is 53.5 Å². The van der Waals surface area contributed by atoms with E-state index in [1.54, 1.807) is 36.4 Å². The maximum Gasteiger partial charge on any atom is 0.246 e. The van der Waals surface area contributed by atoms with Crippen LogP contribution in [0.25, 0.3) is 0 Å². The first kappa shape index (κ1) is 23.4. The Morgan fingerprint density at radius 2 is 1.96 bits per heavy atom. The minimum atomic E-state index is -0.271. The Labute approximate surface area is 182 Å². The van der Waals surface area contributed by atoms with Crippen molar-refractivity contribution in [3.05, 3.63) is 65.5 Å². The van der Waals surface area contributed by atoms with Crippen LogP contribution in [0.1, 0.15) is 18.1 Å². The van der Waals surface area contributed by atoms with E-state index in [2.05, 4.69) is 21.5 Å². The molecule has 5 nitrogen and oxygen atoms in total. The Morgan fingerprint density at radius 3 is 2.61 bits per heavy atom. The minimum absolute atomic E-state index is 0. The lowest BCUT2D eigenvalue weighted by Crippen LogP contribution is -2.39. The number of carbonyl (C=O) groups excluding carboxylic acids is 1. The summed E-state index contributed by atoms with van der Waals surface area (Å²) in [6.45, 7) is 3.12. The standard InChI is InChI=1S/C21H23FN4O.HI/c1-4-16-7-6-8-19(13-16)25-20(27)14-24-21(23-5-2)26(3)15-17-9-11-18(22)12-10-17;/h1,6-13H,5,14-15H2,2-3H3,(H,23,24)(H,25,27);1H. The third-order valence-electron chi connectivity index (χ3n) is 3.71. The van der Waals surface area contributed by atoms with Crippen molar-refractivity contribution < 1.29 is 9.18 Å². The zero-order valence-corrected chi connectivity index (χ0v) is 18.2. The van der Waals surface area contributed by atoms with Gasteiger partial charge in [-0.2, -0.15) is 0 Å². The predicted molar refractivity (Wildman–Crippen MR) is 122 cm³/mol. The fourth-order valence-electron chi connectivity index (χ4n) is 2.44. The summed E-state index contributed by atoms with van der Waals surface area (Å²) in [4.78, 5) is 18.4. The molecule has 0 radical (unpaired) electrons. The first-order chi connectivity index (χ1) is 13.0. The lowest BCUT2D eigenvalue weighted by atomic mass is 10.2. The van der Waals surface area contributed by atoms with Gasteiger partial charge < -0.3 is 15.5 Å². The van der Waals surface area contributed by atoms with E-state index in [-0.39, 0.29) is 42.2 Å². The normalized spacial score (nSPS) is 10.4. The molecule has 0 saturated carbocycles. The molecule has 0 saturated heterocycles. The number of anilines is 1. The first-order valence-electron chi connectivity index (χ1n) is 8.62. The van der Waals surface area contributed by atoms with Gasteiger partial charge in [-0.05, 0) is 42.8 Å². The number of amides is 1. The molecular weight excluding hydrogens is 470 g/mol. The van der Waals surface area contributed by atoms with Gasteiger partial charge in [-0.15, -0.1) is 30.4 Å². The Bertz CT molecular complexity index is 846. The van der Waals surface area contributed by atoms with Gasteiger partial charge in [-0.25, -0.2) is 9.38 Å². The van der Waals surface area contributed by atoms with Crippen molar-refractivity contribution in [1.82, 2.24) is 10.2 Å². The van der Waals surface area contributed by atoms with Crippen LogP contribution >= 0.6 is 24.0 Å². The van der Waals surface area contributed by atoms with E-state index in [4.69, 9.17) is 6.42 Å². The molecule has 2 aromatic carbocycles. The van der Waals surface area contributed by atoms with Crippen LogP contribution in [0, 0.1) is 18.2 Å². The molecule has 0 atom stereocenters. The number of carbonyl (C=O) groups is 1. The molecular formula is C21H24FIN4O. The van der Waals surface area contributed by atoms with Crippen molar-refractivity contribution >= 4 is 41.5 Å². The van der Waals surface area contributed by atoms with Crippen LogP contribution in [-0.4, -0.2) is 36.9 Å². The molecule has 0 unspecified atom stereocenters. The predicted octanol–water partition coefficient (Wildman–Crippen LogP) is 3.46. The zero-order chi connectivity index (χ0) is 19.6. The highest BCUT2D eigenvalue weighted by Gasteiger charge is 2.08. The van der Waals surface area contributed by atoms with Crippen molar-refractivity contribution in [2.75, 3.05) is 25.5 Å². The molecule has 2 rings (SSSR count). The number of benzene rings is 2. The number of nitrogens with one attached hydrogen (secondary N) is 2. The summed E-state index contributed by atoms with van der Waals surface area (Å²) in [6.07, 6.45) is 5.37. The molecule has 0 aromatic heterocycles. The van der Waals surface area contributed by atoms with Crippen LogP contribution in [0.5, 0.6) is 0 Å². The maximum atomic E-state index is 13.0. The third-order valence-corrected chi connectivity index (χ3v) is 3.71. The number of aliphatic imine (C=N–C) groups is 1.